The Morgan fingerprint density at radius 2 is 2.04 bits per heavy atom. The van der Waals surface area contributed by atoms with Gasteiger partial charge in [0, 0.05) is 18.9 Å². The van der Waals surface area contributed by atoms with E-state index in [4.69, 9.17) is 4.74 Å². The molecule has 24 heavy (non-hydrogen) atoms. The van der Waals surface area contributed by atoms with Crippen molar-refractivity contribution in [2.75, 3.05) is 13.7 Å². The standard InChI is InChI=1S/C19H21N3O2/c1-24-18-8-3-6-16(12-18)19(14-23)20-13-15-5-2-7-17(11-15)22-10-4-9-21-22/h2-12,19-20,23H,13-14H2,1H3. The molecule has 0 aliphatic carbocycles. The first-order chi connectivity index (χ1) is 11.8. The number of rotatable bonds is 7. The van der Waals surface area contributed by atoms with Gasteiger partial charge in [0.05, 0.1) is 25.4 Å². The summed E-state index contributed by atoms with van der Waals surface area (Å²) in [6.45, 7) is 0.670. The Kier molecular flexibility index (Phi) is 5.25. The van der Waals surface area contributed by atoms with Gasteiger partial charge in [-0.25, -0.2) is 4.68 Å². The molecule has 0 saturated heterocycles. The Hall–Kier alpha value is -2.63. The van der Waals surface area contributed by atoms with Gasteiger partial charge in [-0.05, 0) is 41.5 Å². The maximum atomic E-state index is 9.71. The van der Waals surface area contributed by atoms with Gasteiger partial charge in [0.25, 0.3) is 0 Å². The van der Waals surface area contributed by atoms with Crippen molar-refractivity contribution < 1.29 is 9.84 Å². The van der Waals surface area contributed by atoms with E-state index < -0.39 is 0 Å². The van der Waals surface area contributed by atoms with Crippen LogP contribution < -0.4 is 10.1 Å². The molecule has 0 fully saturated rings. The van der Waals surface area contributed by atoms with Crippen molar-refractivity contribution in [3.63, 3.8) is 0 Å². The highest BCUT2D eigenvalue weighted by atomic mass is 16.5. The van der Waals surface area contributed by atoms with Gasteiger partial charge in [-0.15, -0.1) is 0 Å². The third kappa shape index (κ3) is 3.82. The van der Waals surface area contributed by atoms with Gasteiger partial charge in [-0.2, -0.15) is 5.10 Å². The van der Waals surface area contributed by atoms with Gasteiger partial charge >= 0.3 is 0 Å². The molecule has 0 spiro atoms. The fourth-order valence-electron chi connectivity index (χ4n) is 2.62. The molecule has 2 N–H and O–H groups in total. The lowest BCUT2D eigenvalue weighted by atomic mass is 10.1. The van der Waals surface area contributed by atoms with Crippen molar-refractivity contribution in [2.45, 2.75) is 12.6 Å². The van der Waals surface area contributed by atoms with Gasteiger partial charge in [-0.3, -0.25) is 0 Å². The highest BCUT2D eigenvalue weighted by molar-refractivity contribution is 5.35. The third-order valence-electron chi connectivity index (χ3n) is 3.91. The van der Waals surface area contributed by atoms with Gasteiger partial charge in [0.15, 0.2) is 0 Å². The maximum absolute atomic E-state index is 9.71. The van der Waals surface area contributed by atoms with E-state index in [9.17, 15) is 5.11 Å². The van der Waals surface area contributed by atoms with Crippen molar-refractivity contribution in [1.29, 1.82) is 0 Å². The summed E-state index contributed by atoms with van der Waals surface area (Å²) in [6, 6.07) is 17.7. The first-order valence-electron chi connectivity index (χ1n) is 7.87. The summed E-state index contributed by atoms with van der Waals surface area (Å²) in [5, 5.41) is 17.3. The number of aliphatic hydroxyl groups excluding tert-OH is 1. The van der Waals surface area contributed by atoms with Crippen LogP contribution in [0.25, 0.3) is 5.69 Å². The zero-order valence-electron chi connectivity index (χ0n) is 13.6. The Labute approximate surface area is 141 Å². The average molecular weight is 323 g/mol. The number of nitrogens with one attached hydrogen (secondary N) is 1. The molecule has 0 bridgehead atoms. The Morgan fingerprint density at radius 1 is 1.17 bits per heavy atom. The van der Waals surface area contributed by atoms with Crippen LogP contribution >= 0.6 is 0 Å². The first-order valence-corrected chi connectivity index (χ1v) is 7.87. The minimum Gasteiger partial charge on any atom is -0.497 e. The van der Waals surface area contributed by atoms with Crippen LogP contribution in [0.4, 0.5) is 0 Å². The normalized spacial score (nSPS) is 12.1. The maximum Gasteiger partial charge on any atom is 0.119 e. The summed E-state index contributed by atoms with van der Waals surface area (Å²) < 4.78 is 7.08. The molecule has 124 valence electrons. The van der Waals surface area contributed by atoms with E-state index >= 15 is 0 Å². The molecular weight excluding hydrogens is 302 g/mol. The van der Waals surface area contributed by atoms with Crippen molar-refractivity contribution in [1.82, 2.24) is 15.1 Å². The Morgan fingerprint density at radius 3 is 2.79 bits per heavy atom. The smallest absolute Gasteiger partial charge is 0.119 e. The van der Waals surface area contributed by atoms with E-state index in [0.29, 0.717) is 6.54 Å². The van der Waals surface area contributed by atoms with Crippen molar-refractivity contribution in [2.24, 2.45) is 0 Å². The Balaban J connectivity index is 1.70. The molecule has 0 saturated carbocycles. The van der Waals surface area contributed by atoms with Crippen LogP contribution in [0.3, 0.4) is 0 Å². The molecule has 1 unspecified atom stereocenters. The van der Waals surface area contributed by atoms with E-state index in [1.54, 1.807) is 13.3 Å². The Bertz CT molecular complexity index is 772. The first kappa shape index (κ1) is 16.2. The van der Waals surface area contributed by atoms with Crippen molar-refractivity contribution in [3.8, 4) is 11.4 Å². The molecule has 0 radical (unpaired) electrons. The van der Waals surface area contributed by atoms with Gasteiger partial charge < -0.3 is 15.2 Å². The number of nitrogens with zero attached hydrogens (tertiary/aromatic N) is 2. The molecule has 3 rings (SSSR count). The van der Waals surface area contributed by atoms with E-state index in [1.165, 1.54) is 0 Å². The zero-order valence-corrected chi connectivity index (χ0v) is 13.6. The SMILES string of the molecule is COc1cccc(C(CO)NCc2cccc(-n3cccn3)c2)c1. The van der Waals surface area contributed by atoms with E-state index in [-0.39, 0.29) is 12.6 Å². The molecular formula is C19H21N3O2. The second-order valence-corrected chi connectivity index (χ2v) is 5.51. The largest absolute Gasteiger partial charge is 0.497 e. The fourth-order valence-corrected chi connectivity index (χ4v) is 2.62. The minimum atomic E-state index is -0.145. The second-order valence-electron chi connectivity index (χ2n) is 5.51. The topological polar surface area (TPSA) is 59.3 Å². The summed E-state index contributed by atoms with van der Waals surface area (Å²) in [7, 11) is 1.64. The molecule has 5 heteroatoms. The molecule has 0 amide bonds. The van der Waals surface area contributed by atoms with Crippen LogP contribution in [0.2, 0.25) is 0 Å². The predicted octanol–water partition coefficient (Wildman–Crippen LogP) is 2.70. The molecule has 2 aromatic carbocycles. The molecule has 3 aromatic rings. The monoisotopic (exact) mass is 323 g/mol. The molecule has 0 aliphatic heterocycles. The second kappa shape index (κ2) is 7.77. The molecule has 1 atom stereocenters. The lowest BCUT2D eigenvalue weighted by molar-refractivity contribution is 0.243. The summed E-state index contributed by atoms with van der Waals surface area (Å²) in [4.78, 5) is 0. The van der Waals surface area contributed by atoms with Crippen molar-refractivity contribution in [3.05, 3.63) is 78.1 Å². The van der Waals surface area contributed by atoms with Crippen LogP contribution in [0.5, 0.6) is 5.75 Å². The predicted molar refractivity (Wildman–Crippen MR) is 93.2 cm³/mol. The summed E-state index contributed by atoms with van der Waals surface area (Å²) >= 11 is 0. The van der Waals surface area contributed by atoms with E-state index in [0.717, 1.165) is 22.6 Å². The molecule has 5 nitrogen and oxygen atoms in total. The van der Waals surface area contributed by atoms with E-state index in [2.05, 4.69) is 22.5 Å². The summed E-state index contributed by atoms with van der Waals surface area (Å²) in [6.07, 6.45) is 3.68. The summed E-state index contributed by atoms with van der Waals surface area (Å²) in [5.74, 6) is 0.786. The average Bonchev–Trinajstić information content (AvgIpc) is 3.17. The molecule has 1 aromatic heterocycles. The van der Waals surface area contributed by atoms with E-state index in [1.807, 2.05) is 53.3 Å². The number of methoxy groups -OCH3 is 1. The minimum absolute atomic E-state index is 0.0199. The number of hydrogen-bond donors (Lipinski definition) is 2. The highest BCUT2D eigenvalue weighted by Gasteiger charge is 2.11. The van der Waals surface area contributed by atoms with Crippen LogP contribution in [0.15, 0.2) is 67.0 Å². The molecule has 0 aliphatic rings. The van der Waals surface area contributed by atoms with Crippen LogP contribution in [0.1, 0.15) is 17.2 Å². The van der Waals surface area contributed by atoms with Gasteiger partial charge in [-0.1, -0.05) is 24.3 Å². The summed E-state index contributed by atoms with van der Waals surface area (Å²) in [5.41, 5.74) is 3.14. The lowest BCUT2D eigenvalue weighted by Crippen LogP contribution is -2.24. The number of aliphatic hydroxyl groups is 1. The quantitative estimate of drug-likeness (QED) is 0.702. The van der Waals surface area contributed by atoms with Crippen LogP contribution in [-0.2, 0) is 6.54 Å². The van der Waals surface area contributed by atoms with Gasteiger partial charge in [0.1, 0.15) is 5.75 Å². The van der Waals surface area contributed by atoms with Crippen molar-refractivity contribution >= 4 is 0 Å². The van der Waals surface area contributed by atoms with Crippen LogP contribution in [-0.4, -0.2) is 28.6 Å². The number of ether oxygens (including phenoxy) is 1. The van der Waals surface area contributed by atoms with Crippen LogP contribution in [0, 0.1) is 0 Å². The number of aromatic nitrogens is 2. The zero-order chi connectivity index (χ0) is 16.8. The molecule has 1 heterocycles. The lowest BCUT2D eigenvalue weighted by Gasteiger charge is -2.18. The highest BCUT2D eigenvalue weighted by Crippen LogP contribution is 2.19. The number of hydrogen-bond acceptors (Lipinski definition) is 4. The third-order valence-corrected chi connectivity index (χ3v) is 3.91. The number of benzene rings is 2. The fraction of sp³-hybridized carbons (Fsp3) is 0.211. The van der Waals surface area contributed by atoms with Gasteiger partial charge in [0.2, 0.25) is 0 Å².